The van der Waals surface area contributed by atoms with Gasteiger partial charge < -0.3 is 89.9 Å². The highest BCUT2D eigenvalue weighted by Crippen LogP contribution is 2.33. The minimum Gasteiger partial charge on any atom is -0.394 e. The Morgan fingerprint density at radius 1 is 0.370 bits per heavy atom. The van der Waals surface area contributed by atoms with E-state index in [9.17, 15) is 61.0 Å². The van der Waals surface area contributed by atoms with Crippen molar-refractivity contribution in [2.45, 2.75) is 381 Å². The van der Waals surface area contributed by atoms with Gasteiger partial charge in [-0.2, -0.15) is 0 Å². The van der Waals surface area contributed by atoms with Gasteiger partial charge in [0.15, 0.2) is 18.9 Å². The van der Waals surface area contributed by atoms with Gasteiger partial charge in [0.1, 0.15) is 73.2 Å². The van der Waals surface area contributed by atoms with E-state index in [1.807, 2.05) is 6.08 Å². The Hall–Kier alpha value is -3.29. The number of hydrogen-bond donors (Lipinski definition) is 12. The number of unbranched alkanes of at least 4 members (excludes halogenated alkanes) is 31. The normalized spacial score (nSPS) is 27.0. The molecule has 17 atom stereocenters. The van der Waals surface area contributed by atoms with Crippen molar-refractivity contribution in [3.63, 3.8) is 0 Å². The first kappa shape index (κ1) is 90.9. The van der Waals surface area contributed by atoms with Gasteiger partial charge in [-0.1, -0.05) is 291 Å². The fraction of sp³-hybridized carbons (Fsp3) is 0.790. The second-order valence-electron chi connectivity index (χ2n) is 27.8. The van der Waals surface area contributed by atoms with E-state index in [0.29, 0.717) is 6.42 Å². The Kier molecular flexibility index (Phi) is 55.4. The first-order chi connectivity index (χ1) is 48.8. The van der Waals surface area contributed by atoms with E-state index in [0.717, 1.165) is 103 Å². The molecule has 0 aromatic heterocycles. The predicted octanol–water partition coefficient (Wildman–Crippen LogP) is 12.8. The molecule has 19 nitrogen and oxygen atoms in total. The number of allylic oxidation sites excluding steroid dienone is 15. The second kappa shape index (κ2) is 60.9. The van der Waals surface area contributed by atoms with Crippen LogP contribution in [0.4, 0.5) is 0 Å². The standard InChI is InChI=1S/C81H141NO18/c1-3-5-7-9-11-13-15-17-19-21-23-25-27-29-30-31-32-33-34-35-37-39-41-43-45-47-49-51-53-55-57-59-69(87)82-64(65(86)58-56-54-52-50-48-46-44-42-40-38-36-28-26-24-22-20-18-16-14-12-10-8-6-4-2)63-95-79-75(93)72(90)77(67(61-84)97-79)100-81-76(94)73(91)78(68(62-85)98-81)99-80-74(92)71(89)70(88)66(60-83)96-80/h5,7,11,13,17,19,23,25,29-30,32-33,35,37,56,58,64-68,70-81,83-86,88-94H,3-4,6,8-10,12,14-16,18,20-22,24,26-28,31,34,36,38-55,57,59-63H2,1-2H3,(H,82,87)/b7-5-,13-11-,19-17-,25-23-,30-29-,33-32-,37-35-,58-56+. The lowest BCUT2D eigenvalue weighted by Crippen LogP contribution is -2.66. The number of carbonyl (C=O) groups excluding carboxylic acids is 1. The van der Waals surface area contributed by atoms with Crippen LogP contribution in [-0.2, 0) is 33.2 Å². The van der Waals surface area contributed by atoms with Crippen LogP contribution in [0.5, 0.6) is 0 Å². The summed E-state index contributed by atoms with van der Waals surface area (Å²) in [5, 5.41) is 121. The van der Waals surface area contributed by atoms with Crippen LogP contribution in [0.3, 0.4) is 0 Å². The molecular weight excluding hydrogens is 1270 g/mol. The second-order valence-corrected chi connectivity index (χ2v) is 27.8. The van der Waals surface area contributed by atoms with Gasteiger partial charge >= 0.3 is 0 Å². The van der Waals surface area contributed by atoms with Crippen LogP contribution in [0.1, 0.15) is 277 Å². The number of ether oxygens (including phenoxy) is 6. The zero-order valence-corrected chi connectivity index (χ0v) is 61.6. The predicted molar refractivity (Wildman–Crippen MR) is 397 cm³/mol. The largest absolute Gasteiger partial charge is 0.394 e. The molecule has 19 heteroatoms. The first-order valence-electron chi connectivity index (χ1n) is 39.5. The summed E-state index contributed by atoms with van der Waals surface area (Å²) in [6.45, 7) is 1.64. The monoisotopic (exact) mass is 1420 g/mol. The maximum atomic E-state index is 13.5. The number of carbonyl (C=O) groups is 1. The van der Waals surface area contributed by atoms with E-state index < -0.39 is 124 Å². The van der Waals surface area contributed by atoms with Gasteiger partial charge in [-0.15, -0.1) is 0 Å². The van der Waals surface area contributed by atoms with Gasteiger partial charge in [-0.25, -0.2) is 0 Å². The van der Waals surface area contributed by atoms with Crippen molar-refractivity contribution in [3.8, 4) is 0 Å². The topological polar surface area (TPSA) is 307 Å². The Balaban J connectivity index is 1.39. The lowest BCUT2D eigenvalue weighted by Gasteiger charge is -2.48. The van der Waals surface area contributed by atoms with Crippen molar-refractivity contribution in [3.05, 3.63) is 97.2 Å². The summed E-state index contributed by atoms with van der Waals surface area (Å²) in [7, 11) is 0. The van der Waals surface area contributed by atoms with E-state index >= 15 is 0 Å². The van der Waals surface area contributed by atoms with E-state index in [2.05, 4.69) is 104 Å². The minimum absolute atomic E-state index is 0.231. The Morgan fingerprint density at radius 2 is 0.690 bits per heavy atom. The summed E-state index contributed by atoms with van der Waals surface area (Å²) < 4.78 is 34.4. The maximum absolute atomic E-state index is 13.5. The summed E-state index contributed by atoms with van der Waals surface area (Å²) in [6, 6.07) is -0.985. The fourth-order valence-corrected chi connectivity index (χ4v) is 12.8. The minimum atomic E-state index is -1.98. The van der Waals surface area contributed by atoms with E-state index in [1.165, 1.54) is 148 Å². The number of rotatable bonds is 61. The molecule has 0 aromatic rings. The number of nitrogens with one attached hydrogen (secondary N) is 1. The number of hydrogen-bond acceptors (Lipinski definition) is 18. The van der Waals surface area contributed by atoms with E-state index in [-0.39, 0.29) is 18.9 Å². The molecule has 3 rings (SSSR count). The van der Waals surface area contributed by atoms with Gasteiger partial charge in [0.05, 0.1) is 38.6 Å². The van der Waals surface area contributed by atoms with Gasteiger partial charge in [0.25, 0.3) is 0 Å². The molecule has 3 aliphatic rings. The first-order valence-corrected chi connectivity index (χ1v) is 39.5. The molecule has 0 spiro atoms. The van der Waals surface area contributed by atoms with Crippen LogP contribution in [0.15, 0.2) is 97.2 Å². The molecule has 0 saturated carbocycles. The zero-order valence-electron chi connectivity index (χ0n) is 61.6. The molecule has 17 unspecified atom stereocenters. The molecule has 1 amide bonds. The SMILES string of the molecule is CC/C=C\C/C=C\C/C=C\C/C=C\C/C=C\C/C=C\C/C=C\CCCCCCCCCCCC(=O)NC(COC1OC(CO)C(OC2OC(CO)C(OC3OC(CO)C(O)C(O)C3O)C(O)C2O)C(O)C1O)C(O)/C=C/CCCCCCCCCCCCCCCCCCCCCCCC. The molecule has 578 valence electrons. The number of aliphatic hydroxyl groups excluding tert-OH is 11. The quantitative estimate of drug-likeness (QED) is 0.0199. The van der Waals surface area contributed by atoms with Gasteiger partial charge in [-0.05, 0) is 77.0 Å². The van der Waals surface area contributed by atoms with Crippen LogP contribution in [-0.4, -0.2) is 193 Å². The lowest BCUT2D eigenvalue weighted by atomic mass is 9.96. The summed E-state index contributed by atoms with van der Waals surface area (Å²) in [5.74, 6) is -0.283. The maximum Gasteiger partial charge on any atom is 0.220 e. The van der Waals surface area contributed by atoms with E-state index in [1.54, 1.807) is 6.08 Å². The zero-order chi connectivity index (χ0) is 72.5. The molecule has 0 aromatic carbocycles. The Labute approximate surface area is 603 Å². The summed E-state index contributed by atoms with van der Waals surface area (Å²) in [6.07, 6.45) is 55.2. The van der Waals surface area contributed by atoms with Crippen molar-refractivity contribution in [1.29, 1.82) is 0 Å². The average molecular weight is 1420 g/mol. The highest BCUT2D eigenvalue weighted by molar-refractivity contribution is 5.76. The third-order valence-corrected chi connectivity index (χ3v) is 19.1. The highest BCUT2D eigenvalue weighted by Gasteiger charge is 2.53. The lowest BCUT2D eigenvalue weighted by molar-refractivity contribution is -0.379. The summed E-state index contributed by atoms with van der Waals surface area (Å²) in [4.78, 5) is 13.5. The third kappa shape index (κ3) is 40.8. The van der Waals surface area contributed by atoms with Gasteiger partial charge in [0, 0.05) is 6.42 Å². The summed E-state index contributed by atoms with van der Waals surface area (Å²) >= 11 is 0. The van der Waals surface area contributed by atoms with Crippen molar-refractivity contribution in [2.24, 2.45) is 0 Å². The van der Waals surface area contributed by atoms with Gasteiger partial charge in [0.2, 0.25) is 5.91 Å². The van der Waals surface area contributed by atoms with E-state index in [4.69, 9.17) is 28.4 Å². The average Bonchev–Trinajstić information content (AvgIpc) is 0.783. The molecular formula is C81H141NO18. The van der Waals surface area contributed by atoms with Crippen molar-refractivity contribution in [2.75, 3.05) is 26.4 Å². The molecule has 3 saturated heterocycles. The highest BCUT2D eigenvalue weighted by atomic mass is 16.8. The smallest absolute Gasteiger partial charge is 0.220 e. The summed E-state index contributed by atoms with van der Waals surface area (Å²) in [5.41, 5.74) is 0. The van der Waals surface area contributed by atoms with Crippen molar-refractivity contribution < 1.29 is 89.4 Å². The van der Waals surface area contributed by atoms with Gasteiger partial charge in [-0.3, -0.25) is 4.79 Å². The van der Waals surface area contributed by atoms with Crippen molar-refractivity contribution >= 4 is 5.91 Å². The molecule has 12 N–H and O–H groups in total. The molecule has 3 aliphatic heterocycles. The number of aliphatic hydroxyl groups is 11. The van der Waals surface area contributed by atoms with Crippen molar-refractivity contribution in [1.82, 2.24) is 5.32 Å². The molecule has 100 heavy (non-hydrogen) atoms. The molecule has 3 fully saturated rings. The Bertz CT molecular complexity index is 2190. The molecule has 0 aliphatic carbocycles. The third-order valence-electron chi connectivity index (χ3n) is 19.1. The van der Waals surface area contributed by atoms with Crippen LogP contribution in [0.2, 0.25) is 0 Å². The molecule has 3 heterocycles. The van der Waals surface area contributed by atoms with Crippen LogP contribution < -0.4 is 5.32 Å². The molecule has 0 radical (unpaired) electrons. The van der Waals surface area contributed by atoms with Crippen LogP contribution >= 0.6 is 0 Å². The van der Waals surface area contributed by atoms with Crippen LogP contribution in [0, 0.1) is 0 Å². The Morgan fingerprint density at radius 3 is 1.08 bits per heavy atom. The molecule has 0 bridgehead atoms. The number of amides is 1. The fourth-order valence-electron chi connectivity index (χ4n) is 12.8. The van der Waals surface area contributed by atoms with Crippen LogP contribution in [0.25, 0.3) is 0 Å².